The largest absolute Gasteiger partial charge is 0.478 e. The second kappa shape index (κ2) is 7.09. The molecule has 2 heterocycles. The number of anilines is 2. The Kier molecular flexibility index (Phi) is 4.58. The molecule has 0 fully saturated rings. The summed E-state index contributed by atoms with van der Waals surface area (Å²) >= 11 is 0. The van der Waals surface area contributed by atoms with E-state index in [0.29, 0.717) is 22.7 Å². The number of fused-ring (bicyclic) bond motifs is 1. The van der Waals surface area contributed by atoms with E-state index in [9.17, 15) is 9.59 Å². The van der Waals surface area contributed by atoms with Gasteiger partial charge in [0.1, 0.15) is 0 Å². The number of benzene rings is 2. The van der Waals surface area contributed by atoms with Gasteiger partial charge in [-0.25, -0.2) is 4.68 Å². The van der Waals surface area contributed by atoms with Gasteiger partial charge in [0.25, 0.3) is 11.8 Å². The molecule has 29 heavy (non-hydrogen) atoms. The summed E-state index contributed by atoms with van der Waals surface area (Å²) in [7, 11) is 0. The van der Waals surface area contributed by atoms with Gasteiger partial charge in [-0.3, -0.25) is 9.59 Å². The second-order valence-corrected chi connectivity index (χ2v) is 7.23. The fourth-order valence-corrected chi connectivity index (χ4v) is 3.32. The lowest BCUT2D eigenvalue weighted by molar-refractivity contribution is -0.122. The summed E-state index contributed by atoms with van der Waals surface area (Å²) in [4.78, 5) is 24.8. The number of aryl methyl sites for hydroxylation is 2. The first-order chi connectivity index (χ1) is 13.8. The van der Waals surface area contributed by atoms with Crippen molar-refractivity contribution in [3.8, 4) is 11.4 Å². The molecule has 4 rings (SSSR count). The molecule has 0 aliphatic carbocycles. The van der Waals surface area contributed by atoms with Crippen LogP contribution in [0.3, 0.4) is 0 Å². The van der Waals surface area contributed by atoms with E-state index in [1.165, 1.54) is 0 Å². The van der Waals surface area contributed by atoms with E-state index < -0.39 is 6.10 Å². The third-order valence-electron chi connectivity index (χ3n) is 5.03. The molecule has 3 aromatic rings. The van der Waals surface area contributed by atoms with E-state index in [1.807, 2.05) is 31.5 Å². The Bertz CT molecular complexity index is 1130. The summed E-state index contributed by atoms with van der Waals surface area (Å²) in [5, 5.41) is 10.1. The van der Waals surface area contributed by atoms with Crippen molar-refractivity contribution in [1.29, 1.82) is 0 Å². The molecule has 2 amide bonds. The SMILES string of the molecule is Cc1ccc(C)c(-n2ncc(NC(=O)c3cccc4c3O[C@@H](C)C(=O)N4)c2C)c1. The molecule has 1 aliphatic heterocycles. The van der Waals surface area contributed by atoms with E-state index >= 15 is 0 Å². The van der Waals surface area contributed by atoms with Gasteiger partial charge in [-0.15, -0.1) is 0 Å². The van der Waals surface area contributed by atoms with E-state index in [-0.39, 0.29) is 11.8 Å². The predicted molar refractivity (Wildman–Crippen MR) is 111 cm³/mol. The van der Waals surface area contributed by atoms with E-state index in [4.69, 9.17) is 4.74 Å². The Hall–Kier alpha value is -3.61. The molecule has 0 spiro atoms. The number of hydrogen-bond acceptors (Lipinski definition) is 4. The summed E-state index contributed by atoms with van der Waals surface area (Å²) in [6, 6.07) is 11.3. The molecule has 0 radical (unpaired) electrons. The van der Waals surface area contributed by atoms with Crippen LogP contribution in [0.1, 0.15) is 34.1 Å². The molecule has 7 nitrogen and oxygen atoms in total. The first-order valence-electron chi connectivity index (χ1n) is 9.39. The lowest BCUT2D eigenvalue weighted by Gasteiger charge is -2.25. The lowest BCUT2D eigenvalue weighted by Crippen LogP contribution is -2.35. The van der Waals surface area contributed by atoms with Crippen molar-refractivity contribution in [3.05, 3.63) is 65.0 Å². The number of carbonyl (C=O) groups is 2. The monoisotopic (exact) mass is 390 g/mol. The van der Waals surface area contributed by atoms with E-state index in [0.717, 1.165) is 22.5 Å². The van der Waals surface area contributed by atoms with Crippen LogP contribution in [0.15, 0.2) is 42.6 Å². The normalized spacial score (nSPS) is 15.3. The smallest absolute Gasteiger partial charge is 0.265 e. The van der Waals surface area contributed by atoms with Crippen LogP contribution in [0, 0.1) is 20.8 Å². The Morgan fingerprint density at radius 2 is 2.00 bits per heavy atom. The number of rotatable bonds is 3. The average molecular weight is 390 g/mol. The number of hydrogen-bond donors (Lipinski definition) is 2. The fraction of sp³-hybridized carbons (Fsp3) is 0.227. The van der Waals surface area contributed by atoms with Gasteiger partial charge in [0.05, 0.1) is 34.5 Å². The highest BCUT2D eigenvalue weighted by atomic mass is 16.5. The highest BCUT2D eigenvalue weighted by molar-refractivity contribution is 6.09. The lowest BCUT2D eigenvalue weighted by atomic mass is 10.1. The molecular formula is C22H22N4O3. The topological polar surface area (TPSA) is 85.2 Å². The first kappa shape index (κ1) is 18.7. The van der Waals surface area contributed by atoms with Crippen molar-refractivity contribution in [2.75, 3.05) is 10.6 Å². The quantitative estimate of drug-likeness (QED) is 0.713. The summed E-state index contributed by atoms with van der Waals surface area (Å²) in [6.45, 7) is 7.61. The Morgan fingerprint density at radius 1 is 1.21 bits per heavy atom. The maximum atomic E-state index is 13.0. The van der Waals surface area contributed by atoms with E-state index in [2.05, 4.69) is 27.9 Å². The van der Waals surface area contributed by atoms with Crippen molar-refractivity contribution in [1.82, 2.24) is 9.78 Å². The molecule has 0 unspecified atom stereocenters. The van der Waals surface area contributed by atoms with Gasteiger partial charge in [0.15, 0.2) is 11.9 Å². The molecule has 1 atom stereocenters. The van der Waals surface area contributed by atoms with Gasteiger partial charge >= 0.3 is 0 Å². The van der Waals surface area contributed by atoms with Crippen LogP contribution in [-0.2, 0) is 4.79 Å². The highest BCUT2D eigenvalue weighted by Crippen LogP contribution is 2.34. The molecule has 0 bridgehead atoms. The molecule has 7 heteroatoms. The van der Waals surface area contributed by atoms with Gasteiger partial charge < -0.3 is 15.4 Å². The standard InChI is InChI=1S/C22H22N4O3/c1-12-8-9-13(2)19(10-12)26-14(3)18(11-23-26)25-22(28)16-6-5-7-17-20(16)29-15(4)21(27)24-17/h5-11,15H,1-4H3,(H,24,27)(H,25,28)/t15-/m0/s1. The minimum atomic E-state index is -0.662. The predicted octanol–water partition coefficient (Wildman–Crippen LogP) is 3.77. The number of amides is 2. The van der Waals surface area contributed by atoms with Crippen molar-refractivity contribution in [2.45, 2.75) is 33.8 Å². The maximum absolute atomic E-state index is 13.0. The van der Waals surface area contributed by atoms with Gasteiger partial charge in [-0.1, -0.05) is 18.2 Å². The fourth-order valence-electron chi connectivity index (χ4n) is 3.32. The molecule has 0 saturated carbocycles. The minimum Gasteiger partial charge on any atom is -0.478 e. The van der Waals surface area contributed by atoms with Crippen molar-refractivity contribution >= 4 is 23.2 Å². The summed E-state index contributed by atoms with van der Waals surface area (Å²) in [5.74, 6) is -0.189. The highest BCUT2D eigenvalue weighted by Gasteiger charge is 2.28. The van der Waals surface area contributed by atoms with Gasteiger partial charge in [0.2, 0.25) is 0 Å². The molecule has 2 N–H and O–H groups in total. The maximum Gasteiger partial charge on any atom is 0.265 e. The summed E-state index contributed by atoms with van der Waals surface area (Å²) < 4.78 is 7.49. The number of ether oxygens (including phenoxy) is 1. The third-order valence-corrected chi connectivity index (χ3v) is 5.03. The zero-order valence-electron chi connectivity index (χ0n) is 16.7. The third kappa shape index (κ3) is 3.35. The van der Waals surface area contributed by atoms with Crippen LogP contribution in [0.4, 0.5) is 11.4 Å². The summed E-state index contributed by atoms with van der Waals surface area (Å²) in [5.41, 5.74) is 5.47. The number of aromatic nitrogens is 2. The summed E-state index contributed by atoms with van der Waals surface area (Å²) in [6.07, 6.45) is 0.973. The number of nitrogens with one attached hydrogen (secondary N) is 2. The van der Waals surface area contributed by atoms with Crippen LogP contribution in [0.5, 0.6) is 5.75 Å². The van der Waals surface area contributed by atoms with Crippen molar-refractivity contribution < 1.29 is 14.3 Å². The van der Waals surface area contributed by atoms with Crippen LogP contribution in [-0.4, -0.2) is 27.7 Å². The molecule has 1 aromatic heterocycles. The van der Waals surface area contributed by atoms with Gasteiger partial charge in [-0.2, -0.15) is 5.10 Å². The zero-order valence-corrected chi connectivity index (χ0v) is 16.7. The Labute approximate surface area is 168 Å². The van der Waals surface area contributed by atoms with Gasteiger partial charge in [-0.05, 0) is 57.0 Å². The van der Waals surface area contributed by atoms with Crippen LogP contribution in [0.25, 0.3) is 5.69 Å². The van der Waals surface area contributed by atoms with Crippen molar-refractivity contribution in [2.24, 2.45) is 0 Å². The van der Waals surface area contributed by atoms with Crippen LogP contribution < -0.4 is 15.4 Å². The minimum absolute atomic E-state index is 0.235. The number of carbonyl (C=O) groups excluding carboxylic acids is 2. The van der Waals surface area contributed by atoms with Crippen LogP contribution >= 0.6 is 0 Å². The molecular weight excluding hydrogens is 368 g/mol. The number of nitrogens with zero attached hydrogens (tertiary/aromatic N) is 2. The number of para-hydroxylation sites is 1. The van der Waals surface area contributed by atoms with Crippen LogP contribution in [0.2, 0.25) is 0 Å². The molecule has 0 saturated heterocycles. The Morgan fingerprint density at radius 3 is 2.79 bits per heavy atom. The van der Waals surface area contributed by atoms with E-state index in [1.54, 1.807) is 31.3 Å². The molecule has 148 valence electrons. The zero-order chi connectivity index (χ0) is 20.7. The van der Waals surface area contributed by atoms with Gasteiger partial charge in [0, 0.05) is 0 Å². The molecule has 1 aliphatic rings. The molecule has 2 aromatic carbocycles. The second-order valence-electron chi connectivity index (χ2n) is 7.23. The van der Waals surface area contributed by atoms with Crippen molar-refractivity contribution in [3.63, 3.8) is 0 Å². The average Bonchev–Trinajstić information content (AvgIpc) is 3.04. The Balaban J connectivity index is 1.64. The first-order valence-corrected chi connectivity index (χ1v) is 9.39.